The van der Waals surface area contributed by atoms with E-state index in [9.17, 15) is 27.6 Å². The summed E-state index contributed by atoms with van der Waals surface area (Å²) < 4.78 is 39.8. The number of anilines is 1. The Hall–Kier alpha value is -2.64. The first-order valence-electron chi connectivity index (χ1n) is 8.17. The van der Waals surface area contributed by atoms with Crippen molar-refractivity contribution in [3.05, 3.63) is 35.9 Å². The third-order valence-corrected chi connectivity index (χ3v) is 5.50. The van der Waals surface area contributed by atoms with Gasteiger partial charge in [-0.25, -0.2) is 0 Å². The molecule has 0 N–H and O–H groups in total. The molecular formula is C18H15F3N2O3. The maximum Gasteiger partial charge on any atom is 0.471 e. The topological polar surface area (TPSA) is 57.7 Å². The van der Waals surface area contributed by atoms with Crippen LogP contribution in [0.2, 0.25) is 0 Å². The van der Waals surface area contributed by atoms with Gasteiger partial charge >= 0.3 is 12.1 Å². The molecule has 2 heterocycles. The second-order valence-corrected chi connectivity index (χ2v) is 6.90. The van der Waals surface area contributed by atoms with Gasteiger partial charge in [0.25, 0.3) is 0 Å². The van der Waals surface area contributed by atoms with Crippen molar-refractivity contribution in [2.75, 3.05) is 11.9 Å². The van der Waals surface area contributed by atoms with E-state index >= 15 is 0 Å². The summed E-state index contributed by atoms with van der Waals surface area (Å²) >= 11 is 0. The number of likely N-dealkylation sites (tertiary alicyclic amines) is 1. The van der Waals surface area contributed by atoms with Crippen LogP contribution in [-0.4, -0.2) is 41.9 Å². The van der Waals surface area contributed by atoms with Crippen molar-refractivity contribution in [1.29, 1.82) is 0 Å². The molecule has 4 atom stereocenters. The molecule has 3 amide bonds. The third kappa shape index (κ3) is 2.01. The van der Waals surface area contributed by atoms with Gasteiger partial charge < -0.3 is 0 Å². The number of benzene rings is 1. The van der Waals surface area contributed by atoms with Gasteiger partial charge in [-0.1, -0.05) is 31.2 Å². The maximum atomic E-state index is 13.3. The number of imide groups is 1. The van der Waals surface area contributed by atoms with Gasteiger partial charge in [0.15, 0.2) is 0 Å². The average Bonchev–Trinajstić information content (AvgIpc) is 3.02. The molecule has 1 unspecified atom stereocenters. The van der Waals surface area contributed by atoms with Crippen molar-refractivity contribution in [2.24, 2.45) is 17.8 Å². The normalized spacial score (nSPS) is 30.1. The number of carbonyl (C=O) groups is 3. The first-order valence-corrected chi connectivity index (χ1v) is 8.17. The van der Waals surface area contributed by atoms with Crippen LogP contribution in [0.3, 0.4) is 0 Å². The van der Waals surface area contributed by atoms with Gasteiger partial charge in [0, 0.05) is 12.6 Å². The number of rotatable bonds is 0. The number of amides is 3. The number of hydrogen-bond acceptors (Lipinski definition) is 3. The highest BCUT2D eigenvalue weighted by Gasteiger charge is 2.61. The molecule has 0 aromatic heterocycles. The van der Waals surface area contributed by atoms with E-state index in [0.29, 0.717) is 16.0 Å². The Balaban J connectivity index is 1.94. The Morgan fingerprint density at radius 3 is 2.35 bits per heavy atom. The lowest BCUT2D eigenvalue weighted by molar-refractivity contribution is -0.171. The largest absolute Gasteiger partial charge is 0.471 e. The number of para-hydroxylation sites is 1. The van der Waals surface area contributed by atoms with Gasteiger partial charge in [-0.2, -0.15) is 13.2 Å². The summed E-state index contributed by atoms with van der Waals surface area (Å²) in [4.78, 5) is 38.9. The second kappa shape index (κ2) is 5.18. The highest BCUT2D eigenvalue weighted by molar-refractivity contribution is 6.13. The zero-order valence-corrected chi connectivity index (χ0v) is 13.9. The molecule has 26 heavy (non-hydrogen) atoms. The molecule has 1 aliphatic carbocycles. The van der Waals surface area contributed by atoms with Crippen molar-refractivity contribution >= 4 is 29.0 Å². The third-order valence-electron chi connectivity index (χ3n) is 5.50. The summed E-state index contributed by atoms with van der Waals surface area (Å²) in [5, 5.41) is 0. The van der Waals surface area contributed by atoms with Crippen LogP contribution >= 0.6 is 0 Å². The monoisotopic (exact) mass is 364 g/mol. The highest BCUT2D eigenvalue weighted by atomic mass is 19.4. The van der Waals surface area contributed by atoms with Crippen LogP contribution in [-0.2, 0) is 14.4 Å². The molecule has 0 saturated carbocycles. The average molecular weight is 364 g/mol. The standard InChI is InChI=1S/C18H15F3N2O3/c1-8-7-10-9-5-3-4-6-11(9)23(17(26)18(19,20)21)14(10)13-12(8)15(24)22(2)16(13)25/h3-8,12-14H,1-2H3/t8-,12-,13-,14?/m0/s1. The molecule has 136 valence electrons. The zero-order chi connectivity index (χ0) is 19.0. The van der Waals surface area contributed by atoms with Crippen LogP contribution < -0.4 is 4.90 Å². The first kappa shape index (κ1) is 16.8. The summed E-state index contributed by atoms with van der Waals surface area (Å²) in [6, 6.07) is 5.16. The quantitative estimate of drug-likeness (QED) is 0.664. The van der Waals surface area contributed by atoms with Gasteiger partial charge in [0.2, 0.25) is 11.8 Å². The molecular weight excluding hydrogens is 349 g/mol. The van der Waals surface area contributed by atoms with Gasteiger partial charge in [0.05, 0.1) is 23.6 Å². The SMILES string of the molecule is C[C@H]1C=C2c3ccccc3N(C(=O)C(F)(F)F)C2[C@H]2C(=O)N(C)C(=O)[C@H]21. The van der Waals surface area contributed by atoms with Gasteiger partial charge in [-0.05, 0) is 17.6 Å². The minimum Gasteiger partial charge on any atom is -0.296 e. The molecule has 3 aliphatic rings. The van der Waals surface area contributed by atoms with E-state index in [-0.39, 0.29) is 11.6 Å². The van der Waals surface area contributed by atoms with Crippen molar-refractivity contribution in [2.45, 2.75) is 19.1 Å². The molecule has 5 nitrogen and oxygen atoms in total. The maximum absolute atomic E-state index is 13.3. The van der Waals surface area contributed by atoms with Crippen LogP contribution in [0.15, 0.2) is 30.3 Å². The van der Waals surface area contributed by atoms with Crippen molar-refractivity contribution in [1.82, 2.24) is 4.90 Å². The van der Waals surface area contributed by atoms with Crippen LogP contribution in [0.1, 0.15) is 12.5 Å². The molecule has 1 aromatic carbocycles. The van der Waals surface area contributed by atoms with Crippen molar-refractivity contribution in [3.63, 3.8) is 0 Å². The molecule has 1 aromatic rings. The predicted molar refractivity (Wildman–Crippen MR) is 85.7 cm³/mol. The van der Waals surface area contributed by atoms with E-state index in [4.69, 9.17) is 0 Å². The number of fused-ring (bicyclic) bond motifs is 5. The molecule has 1 saturated heterocycles. The first-order chi connectivity index (χ1) is 12.1. The Kier molecular flexibility index (Phi) is 3.35. The molecule has 0 bridgehead atoms. The lowest BCUT2D eigenvalue weighted by Gasteiger charge is -2.36. The Morgan fingerprint density at radius 1 is 1.08 bits per heavy atom. The Bertz CT molecular complexity index is 877. The number of carbonyl (C=O) groups excluding carboxylic acids is 3. The lowest BCUT2D eigenvalue weighted by Crippen LogP contribution is -2.52. The molecule has 4 rings (SSSR count). The van der Waals surface area contributed by atoms with Crippen LogP contribution in [0, 0.1) is 17.8 Å². The number of nitrogens with zero attached hydrogens (tertiary/aromatic N) is 2. The summed E-state index contributed by atoms with van der Waals surface area (Å²) in [5.74, 6) is -5.09. The lowest BCUT2D eigenvalue weighted by atomic mass is 9.71. The molecule has 0 radical (unpaired) electrons. The summed E-state index contributed by atoms with van der Waals surface area (Å²) in [7, 11) is 1.33. The van der Waals surface area contributed by atoms with Crippen LogP contribution in [0.4, 0.5) is 18.9 Å². The molecule has 1 fully saturated rings. The predicted octanol–water partition coefficient (Wildman–Crippen LogP) is 2.23. The number of hydrogen-bond donors (Lipinski definition) is 0. The smallest absolute Gasteiger partial charge is 0.296 e. The van der Waals surface area contributed by atoms with Gasteiger partial charge in [0.1, 0.15) is 0 Å². The second-order valence-electron chi connectivity index (χ2n) is 6.90. The van der Waals surface area contributed by atoms with E-state index in [1.165, 1.54) is 13.1 Å². The number of alkyl halides is 3. The minimum atomic E-state index is -5.08. The van der Waals surface area contributed by atoms with E-state index in [2.05, 4.69) is 0 Å². The molecule has 8 heteroatoms. The fourth-order valence-electron chi connectivity index (χ4n) is 4.42. The van der Waals surface area contributed by atoms with Gasteiger partial charge in [-0.3, -0.25) is 24.2 Å². The van der Waals surface area contributed by atoms with E-state index < -0.39 is 41.8 Å². The summed E-state index contributed by atoms with van der Waals surface area (Å²) in [5.41, 5.74) is 1.12. The minimum absolute atomic E-state index is 0.119. The van der Waals surface area contributed by atoms with Crippen LogP contribution in [0.25, 0.3) is 5.57 Å². The number of halogens is 3. The fraction of sp³-hybridized carbons (Fsp3) is 0.389. The Morgan fingerprint density at radius 2 is 1.69 bits per heavy atom. The number of allylic oxidation sites excluding steroid dienone is 1. The van der Waals surface area contributed by atoms with Crippen LogP contribution in [0.5, 0.6) is 0 Å². The fourth-order valence-corrected chi connectivity index (χ4v) is 4.42. The highest BCUT2D eigenvalue weighted by Crippen LogP contribution is 2.53. The molecule has 0 spiro atoms. The van der Waals surface area contributed by atoms with Crippen molar-refractivity contribution in [3.8, 4) is 0 Å². The van der Waals surface area contributed by atoms with E-state index in [1.54, 1.807) is 31.2 Å². The van der Waals surface area contributed by atoms with E-state index in [0.717, 1.165) is 4.90 Å². The Labute approximate surface area is 147 Å². The molecule has 2 aliphatic heterocycles. The van der Waals surface area contributed by atoms with E-state index in [1.807, 2.05) is 0 Å². The summed E-state index contributed by atoms with van der Waals surface area (Å²) in [6.45, 7) is 1.77. The van der Waals surface area contributed by atoms with Gasteiger partial charge in [-0.15, -0.1) is 0 Å². The van der Waals surface area contributed by atoms with Crippen molar-refractivity contribution < 1.29 is 27.6 Å². The summed E-state index contributed by atoms with van der Waals surface area (Å²) in [6.07, 6.45) is -3.36. The zero-order valence-electron chi connectivity index (χ0n) is 13.9.